The van der Waals surface area contributed by atoms with Gasteiger partial charge in [0.1, 0.15) is 17.4 Å². The van der Waals surface area contributed by atoms with Crippen molar-refractivity contribution in [2.24, 2.45) is 17.8 Å². The molecule has 3 aliphatic rings. The molecule has 37 heavy (non-hydrogen) atoms. The maximum absolute atomic E-state index is 12.8. The molecular weight excluding hydrogens is 468 g/mol. The van der Waals surface area contributed by atoms with Crippen molar-refractivity contribution >= 4 is 17.3 Å². The fraction of sp³-hybridized carbons (Fsp3) is 0.419. The molecule has 6 nitrogen and oxygen atoms in total. The van der Waals surface area contributed by atoms with Gasteiger partial charge in [-0.15, -0.1) is 0 Å². The second-order valence-corrected chi connectivity index (χ2v) is 10.5. The lowest BCUT2D eigenvalue weighted by molar-refractivity contribution is -0.134. The predicted molar refractivity (Wildman–Crippen MR) is 141 cm³/mol. The lowest BCUT2D eigenvalue weighted by Gasteiger charge is -2.37. The monoisotopic (exact) mass is 502 g/mol. The fourth-order valence-corrected chi connectivity index (χ4v) is 5.58. The number of benzene rings is 2. The molecule has 1 N–H and O–H groups in total. The Bertz CT molecular complexity index is 1250. The van der Waals surface area contributed by atoms with Gasteiger partial charge in [-0.05, 0) is 65.9 Å². The first-order valence-electron chi connectivity index (χ1n) is 13.2. The maximum Gasteiger partial charge on any atom is 0.339 e. The van der Waals surface area contributed by atoms with Crippen molar-refractivity contribution in [1.82, 2.24) is 0 Å². The molecule has 0 amide bonds. The van der Waals surface area contributed by atoms with E-state index in [4.69, 9.17) is 14.2 Å². The van der Waals surface area contributed by atoms with Gasteiger partial charge in [0, 0.05) is 24.5 Å². The van der Waals surface area contributed by atoms with E-state index in [2.05, 4.69) is 26.0 Å². The number of aliphatic carboxylic acids is 1. The van der Waals surface area contributed by atoms with Crippen molar-refractivity contribution in [2.75, 3.05) is 13.7 Å². The van der Waals surface area contributed by atoms with E-state index >= 15 is 0 Å². The first-order valence-corrected chi connectivity index (χ1v) is 13.2. The summed E-state index contributed by atoms with van der Waals surface area (Å²) in [5.74, 6) is 1.19. The molecular formula is C31H34O6. The second-order valence-electron chi connectivity index (χ2n) is 10.5. The van der Waals surface area contributed by atoms with Gasteiger partial charge < -0.3 is 19.3 Å². The van der Waals surface area contributed by atoms with Gasteiger partial charge in [-0.2, -0.15) is 0 Å². The molecule has 5 rings (SSSR count). The molecule has 2 aliphatic carbocycles. The van der Waals surface area contributed by atoms with Crippen molar-refractivity contribution < 1.29 is 28.9 Å². The highest BCUT2D eigenvalue weighted by molar-refractivity contribution is 6.17. The second kappa shape index (κ2) is 10.4. The van der Waals surface area contributed by atoms with Gasteiger partial charge >= 0.3 is 5.97 Å². The van der Waals surface area contributed by atoms with Gasteiger partial charge in [0.2, 0.25) is 0 Å². The Morgan fingerprint density at radius 1 is 1.11 bits per heavy atom. The predicted octanol–water partition coefficient (Wildman–Crippen LogP) is 5.89. The molecule has 6 heteroatoms. The van der Waals surface area contributed by atoms with Gasteiger partial charge in [-0.1, -0.05) is 44.2 Å². The minimum Gasteiger partial charge on any atom is -0.493 e. The van der Waals surface area contributed by atoms with E-state index in [9.17, 15) is 14.7 Å². The molecule has 2 atom stereocenters. The third-order valence-corrected chi connectivity index (χ3v) is 7.60. The van der Waals surface area contributed by atoms with Gasteiger partial charge in [0.15, 0.2) is 17.3 Å². The molecule has 2 unspecified atom stereocenters. The number of hydrogen-bond acceptors (Lipinski definition) is 5. The number of carboxylic acids is 1. The third kappa shape index (κ3) is 5.15. The standard InChI is InChI=1S/C31H34O6/c1-18(2)30-24-15-22(31(33)34)25(32)12-11-21(20-9-10-20)29(24)23-16-27(35-3)28(17-26(23)37-30)36-14-13-19-7-5-4-6-8-19/h4-8,15-18,20-21,30H,9-14H2,1-3H3,(H,33,34). The van der Waals surface area contributed by atoms with Crippen LogP contribution in [0.5, 0.6) is 17.2 Å². The number of ether oxygens (including phenoxy) is 3. The molecule has 194 valence electrons. The first-order chi connectivity index (χ1) is 17.9. The highest BCUT2D eigenvalue weighted by atomic mass is 16.5. The quantitative estimate of drug-likeness (QED) is 0.454. The Morgan fingerprint density at radius 2 is 1.86 bits per heavy atom. The Hall–Kier alpha value is -3.54. The number of hydrogen-bond donors (Lipinski definition) is 1. The van der Waals surface area contributed by atoms with E-state index in [-0.39, 0.29) is 35.7 Å². The summed E-state index contributed by atoms with van der Waals surface area (Å²) in [4.78, 5) is 24.8. The molecule has 0 spiro atoms. The number of Topliss-reactive ketones (excluding diaryl/α,β-unsaturated/α-hetero) is 1. The van der Waals surface area contributed by atoms with Crippen LogP contribution in [-0.4, -0.2) is 36.7 Å². The van der Waals surface area contributed by atoms with Crippen LogP contribution >= 0.6 is 0 Å². The van der Waals surface area contributed by atoms with Crippen LogP contribution in [0, 0.1) is 17.8 Å². The smallest absolute Gasteiger partial charge is 0.339 e. The first kappa shape index (κ1) is 25.1. The van der Waals surface area contributed by atoms with Crippen LogP contribution in [0.4, 0.5) is 0 Å². The van der Waals surface area contributed by atoms with Crippen LogP contribution < -0.4 is 14.2 Å². The largest absolute Gasteiger partial charge is 0.493 e. The summed E-state index contributed by atoms with van der Waals surface area (Å²) in [5, 5.41) is 9.82. The molecule has 1 heterocycles. The molecule has 0 radical (unpaired) electrons. The highest BCUT2D eigenvalue weighted by Gasteiger charge is 2.42. The summed E-state index contributed by atoms with van der Waals surface area (Å²) >= 11 is 0. The summed E-state index contributed by atoms with van der Waals surface area (Å²) in [5.41, 5.74) is 3.86. The average molecular weight is 503 g/mol. The van der Waals surface area contributed by atoms with Crippen LogP contribution in [0.2, 0.25) is 0 Å². The lowest BCUT2D eigenvalue weighted by Crippen LogP contribution is -2.33. The van der Waals surface area contributed by atoms with E-state index in [1.165, 1.54) is 5.56 Å². The molecule has 0 saturated heterocycles. The molecule has 0 bridgehead atoms. The summed E-state index contributed by atoms with van der Waals surface area (Å²) in [7, 11) is 1.62. The number of rotatable bonds is 8. The van der Waals surface area contributed by atoms with Crippen LogP contribution in [-0.2, 0) is 16.0 Å². The van der Waals surface area contributed by atoms with E-state index in [0.717, 1.165) is 41.7 Å². The Morgan fingerprint density at radius 3 is 2.51 bits per heavy atom. The Labute approximate surface area is 217 Å². The normalized spacial score (nSPS) is 21.3. The SMILES string of the molecule is COc1cc2c(cc1OCCc1ccccc1)OC(C(C)C)C1=C2C(C2CC2)CCC(=O)C(C(=O)O)=C1. The molecule has 0 aromatic heterocycles. The molecule has 2 aromatic rings. The number of carbonyl (C=O) groups excluding carboxylic acids is 1. The average Bonchev–Trinajstić information content (AvgIpc) is 3.71. The summed E-state index contributed by atoms with van der Waals surface area (Å²) < 4.78 is 18.4. The maximum atomic E-state index is 12.8. The number of ketones is 1. The topological polar surface area (TPSA) is 82.1 Å². The van der Waals surface area contributed by atoms with Crippen LogP contribution in [0.25, 0.3) is 5.57 Å². The van der Waals surface area contributed by atoms with Gasteiger partial charge in [0.25, 0.3) is 0 Å². The van der Waals surface area contributed by atoms with Crippen molar-refractivity contribution in [3.05, 3.63) is 70.8 Å². The molecule has 1 aliphatic heterocycles. The van der Waals surface area contributed by atoms with E-state index in [0.29, 0.717) is 30.4 Å². The number of carboxylic acid groups (broad SMARTS) is 1. The minimum absolute atomic E-state index is 0.0726. The van der Waals surface area contributed by atoms with Crippen molar-refractivity contribution in [2.45, 2.75) is 52.1 Å². The number of methoxy groups -OCH3 is 1. The molecule has 2 aromatic carbocycles. The minimum atomic E-state index is -1.19. The van der Waals surface area contributed by atoms with Gasteiger partial charge in [-0.25, -0.2) is 4.79 Å². The van der Waals surface area contributed by atoms with Crippen molar-refractivity contribution in [1.29, 1.82) is 0 Å². The van der Waals surface area contributed by atoms with E-state index in [1.54, 1.807) is 13.2 Å². The zero-order valence-corrected chi connectivity index (χ0v) is 21.7. The van der Waals surface area contributed by atoms with Crippen molar-refractivity contribution in [3.8, 4) is 17.2 Å². The number of allylic oxidation sites excluding steroid dienone is 1. The van der Waals surface area contributed by atoms with Crippen LogP contribution in [0.3, 0.4) is 0 Å². The Balaban J connectivity index is 1.59. The van der Waals surface area contributed by atoms with E-state index < -0.39 is 5.97 Å². The molecule has 1 fully saturated rings. The summed E-state index contributed by atoms with van der Waals surface area (Å²) in [6.07, 6.45) is 5.09. The fourth-order valence-electron chi connectivity index (χ4n) is 5.58. The van der Waals surface area contributed by atoms with Gasteiger partial charge in [0.05, 0.1) is 13.7 Å². The summed E-state index contributed by atoms with van der Waals surface area (Å²) in [6.45, 7) is 4.61. The van der Waals surface area contributed by atoms with Crippen LogP contribution in [0.1, 0.15) is 50.7 Å². The van der Waals surface area contributed by atoms with Gasteiger partial charge in [-0.3, -0.25) is 4.79 Å². The van der Waals surface area contributed by atoms with Crippen molar-refractivity contribution in [3.63, 3.8) is 0 Å². The summed E-state index contributed by atoms with van der Waals surface area (Å²) in [6, 6.07) is 14.1. The van der Waals surface area contributed by atoms with Crippen LogP contribution in [0.15, 0.2) is 59.7 Å². The third-order valence-electron chi connectivity index (χ3n) is 7.60. The number of fused-ring (bicyclic) bond motifs is 2. The zero-order valence-electron chi connectivity index (χ0n) is 21.7. The molecule has 1 saturated carbocycles. The zero-order chi connectivity index (χ0) is 26.1. The van der Waals surface area contributed by atoms with E-state index in [1.807, 2.05) is 30.3 Å². The highest BCUT2D eigenvalue weighted by Crippen LogP contribution is 2.54. The Kier molecular flexibility index (Phi) is 7.09. The lowest BCUT2D eigenvalue weighted by atomic mass is 9.75. The number of carbonyl (C=O) groups is 2.